The summed E-state index contributed by atoms with van der Waals surface area (Å²) in [4.78, 5) is 34.4. The maximum atomic E-state index is 12.6. The second-order valence-corrected chi connectivity index (χ2v) is 6.72. The lowest BCUT2D eigenvalue weighted by Crippen LogP contribution is -2.47. The molecular formula is C18H22N4O6. The molecule has 10 heteroatoms. The average molecular weight is 390 g/mol. The van der Waals surface area contributed by atoms with E-state index in [-0.39, 0.29) is 18.7 Å². The lowest BCUT2D eigenvalue weighted by Gasteiger charge is -2.25. The minimum absolute atomic E-state index is 0.112. The third-order valence-corrected chi connectivity index (χ3v) is 4.43. The van der Waals surface area contributed by atoms with E-state index in [0.29, 0.717) is 11.3 Å². The molecule has 0 fully saturated rings. The van der Waals surface area contributed by atoms with E-state index in [0.717, 1.165) is 12.4 Å². The number of para-hydroxylation sites is 1. The number of benzene rings is 1. The first-order valence-electron chi connectivity index (χ1n) is 8.49. The molecule has 1 heterocycles. The van der Waals surface area contributed by atoms with Crippen LogP contribution in [0.2, 0.25) is 0 Å². The van der Waals surface area contributed by atoms with Gasteiger partial charge in [0.15, 0.2) is 0 Å². The number of nitro groups is 1. The minimum atomic E-state index is -1.23. The van der Waals surface area contributed by atoms with Gasteiger partial charge in [-0.3, -0.25) is 24.4 Å². The Hall–Kier alpha value is -3.43. The highest BCUT2D eigenvalue weighted by Gasteiger charge is 2.33. The molecular weight excluding hydrogens is 368 g/mol. The van der Waals surface area contributed by atoms with E-state index in [2.05, 4.69) is 10.4 Å². The number of nitrogens with zero attached hydrogens (tertiary/aromatic N) is 3. The Morgan fingerprint density at radius 3 is 2.64 bits per heavy atom. The van der Waals surface area contributed by atoms with Crippen LogP contribution >= 0.6 is 0 Å². The molecule has 0 radical (unpaired) electrons. The number of rotatable bonds is 9. The van der Waals surface area contributed by atoms with Crippen LogP contribution in [0.4, 0.5) is 5.69 Å². The number of carbonyl (C=O) groups is 2. The first-order valence-corrected chi connectivity index (χ1v) is 8.49. The Bertz CT molecular complexity index is 876. The number of carbonyl (C=O) groups excluding carboxylic acids is 1. The highest BCUT2D eigenvalue weighted by Crippen LogP contribution is 2.22. The van der Waals surface area contributed by atoms with Gasteiger partial charge in [0, 0.05) is 6.54 Å². The molecule has 10 nitrogen and oxygen atoms in total. The molecule has 0 spiro atoms. The van der Waals surface area contributed by atoms with Gasteiger partial charge in [0.1, 0.15) is 23.7 Å². The van der Waals surface area contributed by atoms with Crippen molar-refractivity contribution in [1.82, 2.24) is 15.1 Å². The normalized spacial score (nSPS) is 12.2. The highest BCUT2D eigenvalue weighted by atomic mass is 16.6. The third kappa shape index (κ3) is 4.64. The molecule has 1 aromatic carbocycles. The molecule has 1 amide bonds. The van der Waals surface area contributed by atoms with Gasteiger partial charge in [-0.1, -0.05) is 18.2 Å². The number of hydrogen-bond donors (Lipinski definition) is 2. The van der Waals surface area contributed by atoms with Crippen LogP contribution in [0, 0.1) is 16.0 Å². The van der Waals surface area contributed by atoms with Crippen LogP contribution in [0.25, 0.3) is 0 Å². The average Bonchev–Trinajstić information content (AvgIpc) is 3.16. The van der Waals surface area contributed by atoms with Gasteiger partial charge in [0.2, 0.25) is 5.91 Å². The highest BCUT2D eigenvalue weighted by molar-refractivity contribution is 5.84. The van der Waals surface area contributed by atoms with E-state index in [1.165, 1.54) is 25.6 Å². The fourth-order valence-electron chi connectivity index (χ4n) is 2.63. The molecule has 0 saturated heterocycles. The predicted molar refractivity (Wildman–Crippen MR) is 99.0 cm³/mol. The molecule has 1 atom stereocenters. The quantitative estimate of drug-likeness (QED) is 0.490. The summed E-state index contributed by atoms with van der Waals surface area (Å²) in [6.45, 7) is 2.96. The van der Waals surface area contributed by atoms with Crippen molar-refractivity contribution in [2.24, 2.45) is 5.92 Å². The van der Waals surface area contributed by atoms with E-state index < -0.39 is 28.3 Å². The molecule has 0 aliphatic heterocycles. The Morgan fingerprint density at radius 1 is 1.39 bits per heavy atom. The van der Waals surface area contributed by atoms with Crippen LogP contribution in [-0.2, 0) is 21.5 Å². The number of hydrogen-bond acceptors (Lipinski definition) is 6. The number of aromatic nitrogens is 2. The number of methoxy groups -OCH3 is 1. The number of nitrogens with one attached hydrogen (secondary N) is 1. The lowest BCUT2D eigenvalue weighted by molar-refractivity contribution is -0.385. The zero-order valence-corrected chi connectivity index (χ0v) is 15.8. The summed E-state index contributed by atoms with van der Waals surface area (Å²) < 4.78 is 6.42. The van der Waals surface area contributed by atoms with Gasteiger partial charge in [-0.05, 0) is 31.9 Å². The monoisotopic (exact) mass is 390 g/mol. The molecule has 0 aliphatic rings. The molecule has 1 aromatic heterocycles. The van der Waals surface area contributed by atoms with Crippen LogP contribution in [0.5, 0.6) is 5.75 Å². The van der Waals surface area contributed by atoms with E-state index in [1.807, 2.05) is 0 Å². The zero-order valence-electron chi connectivity index (χ0n) is 15.8. The number of carboxylic acid groups (broad SMARTS) is 1. The fraction of sp³-hybridized carbons (Fsp3) is 0.389. The zero-order chi connectivity index (χ0) is 20.9. The number of amides is 1. The molecule has 0 saturated carbocycles. The van der Waals surface area contributed by atoms with Gasteiger partial charge in [-0.25, -0.2) is 0 Å². The molecule has 28 heavy (non-hydrogen) atoms. The van der Waals surface area contributed by atoms with Crippen molar-refractivity contribution < 1.29 is 24.4 Å². The number of carboxylic acids is 1. The van der Waals surface area contributed by atoms with Crippen LogP contribution in [0.15, 0.2) is 36.7 Å². The van der Waals surface area contributed by atoms with Gasteiger partial charge >= 0.3 is 11.7 Å². The first kappa shape index (κ1) is 20.9. The summed E-state index contributed by atoms with van der Waals surface area (Å²) in [7, 11) is 1.50. The van der Waals surface area contributed by atoms with Gasteiger partial charge in [-0.2, -0.15) is 5.10 Å². The van der Waals surface area contributed by atoms with E-state index in [9.17, 15) is 24.8 Å². The number of aliphatic carboxylic acids is 1. The van der Waals surface area contributed by atoms with Crippen molar-refractivity contribution in [1.29, 1.82) is 0 Å². The Balaban J connectivity index is 2.08. The first-order chi connectivity index (χ1) is 13.2. The Labute approximate surface area is 161 Å². The molecule has 0 aliphatic carbocycles. The van der Waals surface area contributed by atoms with E-state index >= 15 is 0 Å². The number of ether oxygens (including phenoxy) is 1. The third-order valence-electron chi connectivity index (χ3n) is 4.43. The maximum Gasteiger partial charge on any atom is 0.308 e. The second-order valence-electron chi connectivity index (χ2n) is 6.72. The fourth-order valence-corrected chi connectivity index (χ4v) is 2.63. The molecule has 150 valence electrons. The second kappa shape index (κ2) is 8.51. The maximum absolute atomic E-state index is 12.6. The van der Waals surface area contributed by atoms with Crippen molar-refractivity contribution in [2.75, 3.05) is 13.7 Å². The summed E-state index contributed by atoms with van der Waals surface area (Å²) in [5, 5.41) is 26.8. The van der Waals surface area contributed by atoms with Crippen LogP contribution in [-0.4, -0.2) is 45.3 Å². The van der Waals surface area contributed by atoms with Crippen molar-refractivity contribution in [2.45, 2.75) is 25.8 Å². The lowest BCUT2D eigenvalue weighted by atomic mass is 9.97. The summed E-state index contributed by atoms with van der Waals surface area (Å²) >= 11 is 0. The largest absolute Gasteiger partial charge is 0.496 e. The molecule has 1 unspecified atom stereocenters. The summed E-state index contributed by atoms with van der Waals surface area (Å²) in [5.74, 6) is -1.86. The van der Waals surface area contributed by atoms with Crippen molar-refractivity contribution in [3.05, 3.63) is 52.3 Å². The smallest absolute Gasteiger partial charge is 0.308 e. The van der Waals surface area contributed by atoms with Crippen molar-refractivity contribution in [3.8, 4) is 5.75 Å². The van der Waals surface area contributed by atoms with Gasteiger partial charge < -0.3 is 15.2 Å². The van der Waals surface area contributed by atoms with Gasteiger partial charge in [0.05, 0.1) is 18.0 Å². The SMILES string of the molecule is COc1ccccc1CC(CNC(=O)C(C)(C)n1cc([N+](=O)[O-])cn1)C(=O)O. The molecule has 0 bridgehead atoms. The Morgan fingerprint density at radius 2 is 2.07 bits per heavy atom. The van der Waals surface area contributed by atoms with Gasteiger partial charge in [0.25, 0.3) is 0 Å². The van der Waals surface area contributed by atoms with Crippen LogP contribution in [0.1, 0.15) is 19.4 Å². The summed E-state index contributed by atoms with van der Waals surface area (Å²) in [6, 6.07) is 7.07. The van der Waals surface area contributed by atoms with Crippen molar-refractivity contribution >= 4 is 17.6 Å². The predicted octanol–water partition coefficient (Wildman–Crippen LogP) is 1.59. The molecule has 2 N–H and O–H groups in total. The van der Waals surface area contributed by atoms with Gasteiger partial charge in [-0.15, -0.1) is 0 Å². The Kier molecular flexibility index (Phi) is 6.34. The van der Waals surface area contributed by atoms with Crippen LogP contribution in [0.3, 0.4) is 0 Å². The van der Waals surface area contributed by atoms with Crippen molar-refractivity contribution in [3.63, 3.8) is 0 Å². The van der Waals surface area contributed by atoms with Crippen LogP contribution < -0.4 is 10.1 Å². The molecule has 2 rings (SSSR count). The summed E-state index contributed by atoms with van der Waals surface area (Å²) in [5.41, 5.74) is -0.754. The molecule has 2 aromatic rings. The minimum Gasteiger partial charge on any atom is -0.496 e. The van der Waals surface area contributed by atoms with E-state index in [4.69, 9.17) is 4.74 Å². The topological polar surface area (TPSA) is 137 Å². The summed E-state index contributed by atoms with van der Waals surface area (Å²) in [6.07, 6.45) is 2.38. The standard InChI is InChI=1S/C18H22N4O6/c1-18(2,21-11-14(10-20-21)22(26)27)17(25)19-9-13(16(23)24)8-12-6-4-5-7-15(12)28-3/h4-7,10-11,13H,8-9H2,1-3H3,(H,19,25)(H,23,24). The van der Waals surface area contributed by atoms with E-state index in [1.54, 1.807) is 24.3 Å².